The maximum atomic E-state index is 11.9. The number of nitrogens with one attached hydrogen (secondary N) is 1. The van der Waals surface area contributed by atoms with E-state index < -0.39 is 16.2 Å². The van der Waals surface area contributed by atoms with Gasteiger partial charge in [0, 0.05) is 19.5 Å². The van der Waals surface area contributed by atoms with Crippen molar-refractivity contribution in [3.8, 4) is 0 Å². The van der Waals surface area contributed by atoms with Gasteiger partial charge in [0.25, 0.3) is 0 Å². The van der Waals surface area contributed by atoms with E-state index in [-0.39, 0.29) is 18.9 Å². The van der Waals surface area contributed by atoms with Crippen molar-refractivity contribution in [3.05, 3.63) is 29.8 Å². The summed E-state index contributed by atoms with van der Waals surface area (Å²) in [5.74, 6) is -1.24. The van der Waals surface area contributed by atoms with Crippen LogP contribution in [-0.4, -0.2) is 33.1 Å². The number of hydrogen-bond donors (Lipinski definition) is 2. The molecule has 0 saturated heterocycles. The molecule has 2 N–H and O–H groups in total. The lowest BCUT2D eigenvalue weighted by Gasteiger charge is -2.18. The number of aliphatic carboxylic acids is 1. The van der Waals surface area contributed by atoms with Crippen LogP contribution in [0.4, 0.5) is 5.69 Å². The molecule has 1 aromatic rings. The molecule has 0 amide bonds. The number of carboxylic acids is 1. The van der Waals surface area contributed by atoms with Crippen LogP contribution in [0, 0.1) is 0 Å². The smallest absolute Gasteiger partial charge is 0.304 e. The van der Waals surface area contributed by atoms with Crippen LogP contribution in [0.25, 0.3) is 0 Å². The third-order valence-electron chi connectivity index (χ3n) is 3.00. The molecule has 1 unspecified atom stereocenters. The fourth-order valence-corrected chi connectivity index (χ4v) is 3.20. The van der Waals surface area contributed by atoms with Crippen LogP contribution in [0.3, 0.4) is 0 Å². The van der Waals surface area contributed by atoms with Crippen LogP contribution in [0.15, 0.2) is 24.3 Å². The molecule has 0 saturated carbocycles. The Balaban J connectivity index is 2.42. The zero-order valence-corrected chi connectivity index (χ0v) is 10.6. The Labute approximate surface area is 105 Å². The van der Waals surface area contributed by atoms with Gasteiger partial charge >= 0.3 is 16.2 Å². The Bertz CT molecular complexity index is 570. The minimum absolute atomic E-state index is 0.0766. The Hall–Kier alpha value is -1.60. The van der Waals surface area contributed by atoms with Crippen molar-refractivity contribution in [2.45, 2.75) is 12.3 Å². The number of para-hydroxylation sites is 1. The third kappa shape index (κ3) is 2.19. The maximum absolute atomic E-state index is 11.9. The number of nitrogens with zero attached hydrogens (tertiary/aromatic N) is 1. The number of anilines is 1. The van der Waals surface area contributed by atoms with Crippen molar-refractivity contribution < 1.29 is 18.3 Å². The maximum Gasteiger partial charge on any atom is 0.304 e. The molecule has 6 nitrogen and oxygen atoms in total. The molecule has 1 aliphatic rings. The molecular weight excluding hydrogens is 256 g/mol. The van der Waals surface area contributed by atoms with E-state index in [1.165, 1.54) is 11.4 Å². The first kappa shape index (κ1) is 12.8. The summed E-state index contributed by atoms with van der Waals surface area (Å²) in [4.78, 5) is 10.8. The van der Waals surface area contributed by atoms with Gasteiger partial charge in [0.15, 0.2) is 0 Å². The third-order valence-corrected chi connectivity index (χ3v) is 4.44. The zero-order chi connectivity index (χ0) is 13.3. The Kier molecular flexibility index (Phi) is 3.27. The summed E-state index contributed by atoms with van der Waals surface area (Å²) in [6.45, 7) is 0.162. The SMILES string of the molecule is CNS(=O)(=O)N1CC(CC(=O)O)c2ccccc21. The van der Waals surface area contributed by atoms with E-state index in [0.29, 0.717) is 5.69 Å². The molecule has 0 aliphatic carbocycles. The normalized spacial score (nSPS) is 18.7. The quantitative estimate of drug-likeness (QED) is 0.835. The first-order chi connectivity index (χ1) is 8.45. The van der Waals surface area contributed by atoms with Gasteiger partial charge < -0.3 is 5.11 Å². The monoisotopic (exact) mass is 270 g/mol. The molecule has 7 heteroatoms. The molecule has 18 heavy (non-hydrogen) atoms. The molecule has 2 rings (SSSR count). The van der Waals surface area contributed by atoms with Crippen molar-refractivity contribution in [1.29, 1.82) is 0 Å². The van der Waals surface area contributed by atoms with E-state index >= 15 is 0 Å². The van der Waals surface area contributed by atoms with E-state index in [0.717, 1.165) is 5.56 Å². The van der Waals surface area contributed by atoms with Gasteiger partial charge in [-0.2, -0.15) is 8.42 Å². The lowest BCUT2D eigenvalue weighted by atomic mass is 9.98. The van der Waals surface area contributed by atoms with Crippen LogP contribution < -0.4 is 9.03 Å². The second kappa shape index (κ2) is 4.58. The highest BCUT2D eigenvalue weighted by Crippen LogP contribution is 2.39. The van der Waals surface area contributed by atoms with Crippen LogP contribution in [0.5, 0.6) is 0 Å². The van der Waals surface area contributed by atoms with Gasteiger partial charge in [-0.15, -0.1) is 0 Å². The van der Waals surface area contributed by atoms with Crippen LogP contribution in [-0.2, 0) is 15.0 Å². The van der Waals surface area contributed by atoms with Crippen molar-refractivity contribution >= 4 is 21.9 Å². The number of carbonyl (C=O) groups is 1. The molecule has 1 atom stereocenters. The summed E-state index contributed by atoms with van der Waals surface area (Å²) >= 11 is 0. The van der Waals surface area contributed by atoms with Gasteiger partial charge in [0.05, 0.1) is 12.1 Å². The largest absolute Gasteiger partial charge is 0.481 e. The molecule has 1 heterocycles. The summed E-state index contributed by atoms with van der Waals surface area (Å²) in [5, 5.41) is 8.86. The summed E-state index contributed by atoms with van der Waals surface area (Å²) in [5.41, 5.74) is 1.32. The summed E-state index contributed by atoms with van der Waals surface area (Å²) < 4.78 is 27.2. The molecule has 0 radical (unpaired) electrons. The first-order valence-electron chi connectivity index (χ1n) is 5.47. The van der Waals surface area contributed by atoms with Crippen molar-refractivity contribution in [2.24, 2.45) is 0 Å². The first-order valence-corrected chi connectivity index (χ1v) is 6.91. The van der Waals surface area contributed by atoms with Gasteiger partial charge in [-0.25, -0.2) is 4.72 Å². The van der Waals surface area contributed by atoms with Crippen molar-refractivity contribution in [3.63, 3.8) is 0 Å². The molecular formula is C11H14N2O4S. The molecule has 0 spiro atoms. The standard InChI is InChI=1S/C11H14N2O4S/c1-12-18(16,17)13-7-8(6-11(14)15)9-4-2-3-5-10(9)13/h2-5,8,12H,6-7H2,1H3,(H,14,15). The van der Waals surface area contributed by atoms with E-state index in [4.69, 9.17) is 5.11 Å². The fourth-order valence-electron chi connectivity index (χ4n) is 2.18. The topological polar surface area (TPSA) is 86.7 Å². The number of benzene rings is 1. The lowest BCUT2D eigenvalue weighted by molar-refractivity contribution is -0.137. The highest BCUT2D eigenvalue weighted by Gasteiger charge is 2.35. The fraction of sp³-hybridized carbons (Fsp3) is 0.364. The second-order valence-electron chi connectivity index (χ2n) is 4.09. The van der Waals surface area contributed by atoms with Gasteiger partial charge in [-0.05, 0) is 11.6 Å². The highest BCUT2D eigenvalue weighted by atomic mass is 32.2. The predicted octanol–water partition coefficient (Wildman–Crippen LogP) is 0.529. The lowest BCUT2D eigenvalue weighted by Crippen LogP contribution is -2.38. The van der Waals surface area contributed by atoms with Gasteiger partial charge in [-0.1, -0.05) is 18.2 Å². The van der Waals surface area contributed by atoms with Crippen LogP contribution in [0.2, 0.25) is 0 Å². The van der Waals surface area contributed by atoms with E-state index in [1.54, 1.807) is 24.3 Å². The van der Waals surface area contributed by atoms with Gasteiger partial charge in [-0.3, -0.25) is 9.10 Å². The number of fused-ring (bicyclic) bond motifs is 1. The summed E-state index contributed by atoms with van der Waals surface area (Å²) in [7, 11) is -2.25. The van der Waals surface area contributed by atoms with E-state index in [9.17, 15) is 13.2 Å². The van der Waals surface area contributed by atoms with Crippen LogP contribution in [0.1, 0.15) is 17.9 Å². The Morgan fingerprint density at radius 1 is 1.50 bits per heavy atom. The number of hydrogen-bond acceptors (Lipinski definition) is 3. The molecule has 1 aromatic carbocycles. The highest BCUT2D eigenvalue weighted by molar-refractivity contribution is 7.90. The average Bonchev–Trinajstić information content (AvgIpc) is 2.69. The van der Waals surface area contributed by atoms with E-state index in [2.05, 4.69) is 4.72 Å². The summed E-state index contributed by atoms with van der Waals surface area (Å²) in [6, 6.07) is 6.98. The Morgan fingerprint density at radius 2 is 2.17 bits per heavy atom. The average molecular weight is 270 g/mol. The van der Waals surface area contributed by atoms with Gasteiger partial charge in [0.1, 0.15) is 0 Å². The molecule has 1 aliphatic heterocycles. The molecule has 0 fully saturated rings. The Morgan fingerprint density at radius 3 is 2.78 bits per heavy atom. The minimum atomic E-state index is -3.59. The number of rotatable bonds is 4. The zero-order valence-electron chi connectivity index (χ0n) is 9.83. The minimum Gasteiger partial charge on any atom is -0.481 e. The summed E-state index contributed by atoms with van der Waals surface area (Å²) in [6.07, 6.45) is -0.0766. The molecule has 98 valence electrons. The predicted molar refractivity (Wildman–Crippen MR) is 66.8 cm³/mol. The van der Waals surface area contributed by atoms with E-state index in [1.807, 2.05) is 0 Å². The number of carboxylic acid groups (broad SMARTS) is 1. The second-order valence-corrected chi connectivity index (χ2v) is 5.89. The molecule has 0 bridgehead atoms. The molecule has 0 aromatic heterocycles. The van der Waals surface area contributed by atoms with Gasteiger partial charge in [0.2, 0.25) is 0 Å². The van der Waals surface area contributed by atoms with Crippen molar-refractivity contribution in [2.75, 3.05) is 17.9 Å². The van der Waals surface area contributed by atoms with Crippen LogP contribution >= 0.6 is 0 Å². The van der Waals surface area contributed by atoms with Crippen molar-refractivity contribution in [1.82, 2.24) is 4.72 Å².